The summed E-state index contributed by atoms with van der Waals surface area (Å²) in [7, 11) is 0. The lowest BCUT2D eigenvalue weighted by Gasteiger charge is -2.26. The Morgan fingerprint density at radius 3 is 2.71 bits per heavy atom. The van der Waals surface area contributed by atoms with Gasteiger partial charge in [0, 0.05) is 32.2 Å². The highest BCUT2D eigenvalue weighted by molar-refractivity contribution is 5.80. The molecular formula is C19H32N4O. The number of nitrogens with zero attached hydrogens (tertiary/aromatic N) is 2. The molecule has 5 nitrogen and oxygen atoms in total. The van der Waals surface area contributed by atoms with Crippen LogP contribution in [0.5, 0.6) is 0 Å². The molecule has 1 aliphatic rings. The summed E-state index contributed by atoms with van der Waals surface area (Å²) in [5, 5.41) is 6.87. The van der Waals surface area contributed by atoms with Crippen LogP contribution < -0.4 is 10.6 Å². The lowest BCUT2D eigenvalue weighted by molar-refractivity contribution is 0.0394. The summed E-state index contributed by atoms with van der Waals surface area (Å²) >= 11 is 0. The molecule has 1 heterocycles. The Labute approximate surface area is 146 Å². The standard InChI is InChI=1S/C19H32N4O/c1-3-20-19(21-11-12-23-13-15-24-16-14-23)22-17(2)9-10-18-7-5-4-6-8-18/h4-8,17H,3,9-16H2,1-2H3,(H2,20,21,22). The zero-order valence-electron chi connectivity index (χ0n) is 15.1. The van der Waals surface area contributed by atoms with Crippen molar-refractivity contribution in [3.8, 4) is 0 Å². The number of guanidine groups is 1. The molecule has 0 amide bonds. The molecule has 0 spiro atoms. The minimum atomic E-state index is 0.395. The maximum atomic E-state index is 5.38. The molecule has 5 heteroatoms. The van der Waals surface area contributed by atoms with E-state index < -0.39 is 0 Å². The minimum absolute atomic E-state index is 0.395. The predicted octanol–water partition coefficient (Wildman–Crippen LogP) is 1.90. The molecule has 0 aromatic heterocycles. The van der Waals surface area contributed by atoms with E-state index in [0.717, 1.165) is 64.7 Å². The van der Waals surface area contributed by atoms with Gasteiger partial charge in [0.1, 0.15) is 0 Å². The highest BCUT2D eigenvalue weighted by Gasteiger charge is 2.10. The first kappa shape index (κ1) is 18.7. The van der Waals surface area contributed by atoms with E-state index in [9.17, 15) is 0 Å². The highest BCUT2D eigenvalue weighted by atomic mass is 16.5. The van der Waals surface area contributed by atoms with Crippen molar-refractivity contribution in [1.29, 1.82) is 0 Å². The summed E-state index contributed by atoms with van der Waals surface area (Å²) in [4.78, 5) is 7.13. The Morgan fingerprint density at radius 1 is 1.25 bits per heavy atom. The van der Waals surface area contributed by atoms with Gasteiger partial charge in [0.15, 0.2) is 5.96 Å². The van der Waals surface area contributed by atoms with Gasteiger partial charge in [-0.05, 0) is 32.3 Å². The van der Waals surface area contributed by atoms with Crippen LogP contribution in [-0.4, -0.2) is 62.8 Å². The summed E-state index contributed by atoms with van der Waals surface area (Å²) in [5.74, 6) is 0.923. The van der Waals surface area contributed by atoms with Crippen LogP contribution >= 0.6 is 0 Å². The van der Waals surface area contributed by atoms with Crippen LogP contribution in [0.25, 0.3) is 0 Å². The average Bonchev–Trinajstić information content (AvgIpc) is 2.62. The van der Waals surface area contributed by atoms with Crippen molar-refractivity contribution in [2.75, 3.05) is 45.9 Å². The number of hydrogen-bond donors (Lipinski definition) is 2. The number of hydrogen-bond acceptors (Lipinski definition) is 3. The molecular weight excluding hydrogens is 300 g/mol. The first-order chi connectivity index (χ1) is 11.8. The molecule has 0 saturated carbocycles. The van der Waals surface area contributed by atoms with Gasteiger partial charge in [-0.25, -0.2) is 0 Å². The SMILES string of the molecule is CCNC(=NCCN1CCOCC1)NC(C)CCc1ccccc1. The quantitative estimate of drug-likeness (QED) is 0.564. The van der Waals surface area contributed by atoms with Crippen LogP contribution in [0.3, 0.4) is 0 Å². The van der Waals surface area contributed by atoms with Crippen molar-refractivity contribution in [2.24, 2.45) is 4.99 Å². The van der Waals surface area contributed by atoms with E-state index >= 15 is 0 Å². The summed E-state index contributed by atoms with van der Waals surface area (Å²) in [5.41, 5.74) is 1.39. The Kier molecular flexibility index (Phi) is 8.63. The van der Waals surface area contributed by atoms with E-state index in [0.29, 0.717) is 6.04 Å². The first-order valence-electron chi connectivity index (χ1n) is 9.17. The van der Waals surface area contributed by atoms with Gasteiger partial charge < -0.3 is 15.4 Å². The monoisotopic (exact) mass is 332 g/mol. The zero-order chi connectivity index (χ0) is 17.0. The first-order valence-corrected chi connectivity index (χ1v) is 9.17. The van der Waals surface area contributed by atoms with Crippen LogP contribution in [-0.2, 0) is 11.2 Å². The minimum Gasteiger partial charge on any atom is -0.379 e. The van der Waals surface area contributed by atoms with E-state index in [4.69, 9.17) is 9.73 Å². The van der Waals surface area contributed by atoms with Crippen molar-refractivity contribution in [2.45, 2.75) is 32.7 Å². The molecule has 1 unspecified atom stereocenters. The summed E-state index contributed by atoms with van der Waals surface area (Å²) in [6.45, 7) is 10.8. The zero-order valence-corrected chi connectivity index (χ0v) is 15.1. The molecule has 2 N–H and O–H groups in total. The molecule has 0 radical (unpaired) electrons. The molecule has 1 atom stereocenters. The molecule has 24 heavy (non-hydrogen) atoms. The molecule has 1 fully saturated rings. The topological polar surface area (TPSA) is 48.9 Å². The Morgan fingerprint density at radius 2 is 2.00 bits per heavy atom. The van der Waals surface area contributed by atoms with Gasteiger partial charge >= 0.3 is 0 Å². The van der Waals surface area contributed by atoms with Gasteiger partial charge in [0.25, 0.3) is 0 Å². The Hall–Kier alpha value is -1.59. The van der Waals surface area contributed by atoms with Crippen molar-refractivity contribution in [3.05, 3.63) is 35.9 Å². The number of ether oxygens (including phenoxy) is 1. The maximum Gasteiger partial charge on any atom is 0.191 e. The molecule has 1 aliphatic heterocycles. The molecule has 1 aromatic carbocycles. The number of morpholine rings is 1. The lowest BCUT2D eigenvalue weighted by atomic mass is 10.1. The second-order valence-corrected chi connectivity index (χ2v) is 6.28. The van der Waals surface area contributed by atoms with Crippen molar-refractivity contribution in [1.82, 2.24) is 15.5 Å². The van der Waals surface area contributed by atoms with Gasteiger partial charge in [-0.3, -0.25) is 9.89 Å². The third kappa shape index (κ3) is 7.32. The number of aliphatic imine (C=N–C) groups is 1. The van der Waals surface area contributed by atoms with Crippen LogP contribution in [0.4, 0.5) is 0 Å². The Balaban J connectivity index is 1.72. The Bertz CT molecular complexity index is 472. The van der Waals surface area contributed by atoms with E-state index in [2.05, 4.69) is 59.7 Å². The fourth-order valence-corrected chi connectivity index (χ4v) is 2.78. The van der Waals surface area contributed by atoms with Gasteiger partial charge in [-0.15, -0.1) is 0 Å². The predicted molar refractivity (Wildman–Crippen MR) is 101 cm³/mol. The fourth-order valence-electron chi connectivity index (χ4n) is 2.78. The maximum absolute atomic E-state index is 5.38. The third-order valence-corrected chi connectivity index (χ3v) is 4.23. The number of benzene rings is 1. The summed E-state index contributed by atoms with van der Waals surface area (Å²) in [6, 6.07) is 11.0. The van der Waals surface area contributed by atoms with Crippen LogP contribution in [0.15, 0.2) is 35.3 Å². The molecule has 134 valence electrons. The van der Waals surface area contributed by atoms with Crippen LogP contribution in [0.2, 0.25) is 0 Å². The number of nitrogens with one attached hydrogen (secondary N) is 2. The van der Waals surface area contributed by atoms with Crippen LogP contribution in [0, 0.1) is 0 Å². The van der Waals surface area contributed by atoms with E-state index in [1.165, 1.54) is 5.56 Å². The van der Waals surface area contributed by atoms with Gasteiger partial charge in [0.05, 0.1) is 19.8 Å². The second-order valence-electron chi connectivity index (χ2n) is 6.28. The van der Waals surface area contributed by atoms with Gasteiger partial charge in [0.2, 0.25) is 0 Å². The van der Waals surface area contributed by atoms with Gasteiger partial charge in [-0.2, -0.15) is 0 Å². The van der Waals surface area contributed by atoms with Crippen molar-refractivity contribution in [3.63, 3.8) is 0 Å². The van der Waals surface area contributed by atoms with Gasteiger partial charge in [-0.1, -0.05) is 30.3 Å². The molecule has 1 aromatic rings. The number of aryl methyl sites for hydroxylation is 1. The second kappa shape index (κ2) is 11.0. The van der Waals surface area contributed by atoms with Crippen molar-refractivity contribution >= 4 is 5.96 Å². The van der Waals surface area contributed by atoms with E-state index in [1.807, 2.05) is 0 Å². The van der Waals surface area contributed by atoms with Crippen molar-refractivity contribution < 1.29 is 4.74 Å². The molecule has 0 bridgehead atoms. The third-order valence-electron chi connectivity index (χ3n) is 4.23. The summed E-state index contributed by atoms with van der Waals surface area (Å²) < 4.78 is 5.38. The largest absolute Gasteiger partial charge is 0.379 e. The van der Waals surface area contributed by atoms with E-state index in [-0.39, 0.29) is 0 Å². The lowest BCUT2D eigenvalue weighted by Crippen LogP contribution is -2.43. The molecule has 1 saturated heterocycles. The van der Waals surface area contributed by atoms with Crippen LogP contribution in [0.1, 0.15) is 25.8 Å². The molecule has 0 aliphatic carbocycles. The highest BCUT2D eigenvalue weighted by Crippen LogP contribution is 2.04. The summed E-state index contributed by atoms with van der Waals surface area (Å²) in [6.07, 6.45) is 2.18. The average molecular weight is 332 g/mol. The molecule has 2 rings (SSSR count). The fraction of sp³-hybridized carbons (Fsp3) is 0.632. The smallest absolute Gasteiger partial charge is 0.191 e. The van der Waals surface area contributed by atoms with E-state index in [1.54, 1.807) is 0 Å². The number of rotatable bonds is 8. The normalized spacial score (nSPS) is 17.5.